The fourth-order valence-electron chi connectivity index (χ4n) is 1.92. The number of hydrogen-bond acceptors (Lipinski definition) is 3. The van der Waals surface area contributed by atoms with Crippen molar-refractivity contribution in [3.63, 3.8) is 0 Å². The molecule has 1 heterocycles. The van der Waals surface area contributed by atoms with Gasteiger partial charge in [-0.1, -0.05) is 12.1 Å². The zero-order valence-corrected chi connectivity index (χ0v) is 12.2. The predicted molar refractivity (Wildman–Crippen MR) is 81.0 cm³/mol. The van der Waals surface area contributed by atoms with Crippen LogP contribution >= 0.6 is 0 Å². The molecule has 2 aromatic rings. The van der Waals surface area contributed by atoms with E-state index in [9.17, 15) is 9.90 Å². The van der Waals surface area contributed by atoms with E-state index in [4.69, 9.17) is 0 Å². The molecule has 0 bridgehead atoms. The van der Waals surface area contributed by atoms with Crippen molar-refractivity contribution >= 4 is 11.7 Å². The Labute approximate surface area is 123 Å². The molecule has 0 saturated heterocycles. The van der Waals surface area contributed by atoms with Crippen LogP contribution < -0.4 is 10.6 Å². The van der Waals surface area contributed by atoms with E-state index in [1.807, 2.05) is 19.3 Å². The summed E-state index contributed by atoms with van der Waals surface area (Å²) in [4.78, 5) is 11.7. The average Bonchev–Trinajstić information content (AvgIpc) is 2.85. The summed E-state index contributed by atoms with van der Waals surface area (Å²) in [6, 6.07) is 8.77. The molecule has 112 valence electrons. The van der Waals surface area contributed by atoms with Crippen molar-refractivity contribution in [2.75, 3.05) is 11.9 Å². The van der Waals surface area contributed by atoms with E-state index < -0.39 is 6.10 Å². The maximum absolute atomic E-state index is 11.7. The zero-order valence-electron chi connectivity index (χ0n) is 12.2. The van der Waals surface area contributed by atoms with E-state index in [0.29, 0.717) is 18.7 Å². The Kier molecular flexibility index (Phi) is 4.94. The first-order valence-corrected chi connectivity index (χ1v) is 6.86. The number of anilines is 1. The number of urea groups is 1. The number of rotatable bonds is 5. The van der Waals surface area contributed by atoms with E-state index in [-0.39, 0.29) is 6.03 Å². The molecule has 1 atom stereocenters. The molecule has 1 aromatic heterocycles. The molecule has 0 fully saturated rings. The van der Waals surface area contributed by atoms with E-state index in [1.165, 1.54) is 0 Å². The Balaban J connectivity index is 1.76. The number of hydrogen-bond donors (Lipinski definition) is 3. The molecular weight excluding hydrogens is 268 g/mol. The van der Waals surface area contributed by atoms with Gasteiger partial charge in [0.2, 0.25) is 0 Å². The van der Waals surface area contributed by atoms with Crippen LogP contribution in [0.25, 0.3) is 0 Å². The monoisotopic (exact) mass is 288 g/mol. The van der Waals surface area contributed by atoms with Gasteiger partial charge in [0.05, 0.1) is 11.8 Å². The molecule has 3 N–H and O–H groups in total. The standard InChI is InChI=1S/C15H20N4O2/c1-11(20)12-3-5-13(6-4-12)17-15(21)16-9-7-14-8-10-19(2)18-14/h3-6,8,10-11,20H,7,9H2,1-2H3,(H2,16,17,21). The number of nitrogens with one attached hydrogen (secondary N) is 2. The van der Waals surface area contributed by atoms with Gasteiger partial charge in [-0.15, -0.1) is 0 Å². The van der Waals surface area contributed by atoms with Crippen LogP contribution in [0.2, 0.25) is 0 Å². The fraction of sp³-hybridized carbons (Fsp3) is 0.333. The van der Waals surface area contributed by atoms with Gasteiger partial charge in [0.15, 0.2) is 0 Å². The van der Waals surface area contributed by atoms with E-state index >= 15 is 0 Å². The number of aliphatic hydroxyl groups excluding tert-OH is 1. The molecule has 6 nitrogen and oxygen atoms in total. The van der Waals surface area contributed by atoms with Gasteiger partial charge in [0.1, 0.15) is 0 Å². The average molecular weight is 288 g/mol. The van der Waals surface area contributed by atoms with Gasteiger partial charge in [0.25, 0.3) is 0 Å². The van der Waals surface area contributed by atoms with Gasteiger partial charge >= 0.3 is 6.03 Å². The molecule has 0 aliphatic rings. The van der Waals surface area contributed by atoms with Crippen LogP contribution in [0, 0.1) is 0 Å². The lowest BCUT2D eigenvalue weighted by molar-refractivity contribution is 0.199. The third kappa shape index (κ3) is 4.61. The summed E-state index contributed by atoms with van der Waals surface area (Å²) in [5.74, 6) is 0. The zero-order chi connectivity index (χ0) is 15.2. The van der Waals surface area contributed by atoms with E-state index in [0.717, 1.165) is 11.3 Å². The van der Waals surface area contributed by atoms with Crippen molar-refractivity contribution in [1.29, 1.82) is 0 Å². The van der Waals surface area contributed by atoms with Crippen molar-refractivity contribution < 1.29 is 9.90 Å². The number of aliphatic hydroxyl groups is 1. The number of amides is 2. The Morgan fingerprint density at radius 1 is 1.33 bits per heavy atom. The molecule has 1 unspecified atom stereocenters. The van der Waals surface area contributed by atoms with E-state index in [1.54, 1.807) is 35.9 Å². The number of aromatic nitrogens is 2. The minimum atomic E-state index is -0.508. The molecule has 0 spiro atoms. The topological polar surface area (TPSA) is 79.2 Å². The summed E-state index contributed by atoms with van der Waals surface area (Å²) in [6.45, 7) is 2.22. The van der Waals surface area contributed by atoms with Gasteiger partial charge in [-0.05, 0) is 30.7 Å². The molecule has 2 amide bonds. The van der Waals surface area contributed by atoms with Crippen molar-refractivity contribution in [2.24, 2.45) is 7.05 Å². The first-order chi connectivity index (χ1) is 10.0. The molecule has 0 radical (unpaired) electrons. The summed E-state index contributed by atoms with van der Waals surface area (Å²) < 4.78 is 1.74. The predicted octanol–water partition coefficient (Wildman–Crippen LogP) is 1.84. The molecule has 0 saturated carbocycles. The second kappa shape index (κ2) is 6.90. The maximum atomic E-state index is 11.7. The van der Waals surface area contributed by atoms with Crippen LogP contribution in [0.3, 0.4) is 0 Å². The molecule has 0 aliphatic heterocycles. The SMILES string of the molecule is CC(O)c1ccc(NC(=O)NCCc2ccn(C)n2)cc1. The largest absolute Gasteiger partial charge is 0.389 e. The third-order valence-electron chi connectivity index (χ3n) is 3.09. The smallest absolute Gasteiger partial charge is 0.319 e. The lowest BCUT2D eigenvalue weighted by Crippen LogP contribution is -2.30. The minimum absolute atomic E-state index is 0.254. The van der Waals surface area contributed by atoms with Crippen molar-refractivity contribution in [2.45, 2.75) is 19.4 Å². The van der Waals surface area contributed by atoms with Crippen LogP contribution in [-0.2, 0) is 13.5 Å². The molecule has 21 heavy (non-hydrogen) atoms. The van der Waals surface area contributed by atoms with Gasteiger partial charge in [0, 0.05) is 31.9 Å². The lowest BCUT2D eigenvalue weighted by Gasteiger charge is -2.09. The summed E-state index contributed by atoms with van der Waals surface area (Å²) >= 11 is 0. The Hall–Kier alpha value is -2.34. The number of carbonyl (C=O) groups excluding carboxylic acids is 1. The van der Waals surface area contributed by atoms with Crippen LogP contribution in [0.15, 0.2) is 36.5 Å². The summed E-state index contributed by atoms with van der Waals surface area (Å²) in [6.07, 6.45) is 2.06. The highest BCUT2D eigenvalue weighted by molar-refractivity contribution is 5.89. The number of carbonyl (C=O) groups is 1. The summed E-state index contributed by atoms with van der Waals surface area (Å²) in [5.41, 5.74) is 2.45. The van der Waals surface area contributed by atoms with Crippen LogP contribution in [-0.4, -0.2) is 27.5 Å². The highest BCUT2D eigenvalue weighted by Crippen LogP contribution is 2.15. The number of benzene rings is 1. The second-order valence-corrected chi connectivity index (χ2v) is 4.91. The van der Waals surface area contributed by atoms with Crippen molar-refractivity contribution in [3.05, 3.63) is 47.8 Å². The molecule has 0 aliphatic carbocycles. The first kappa shape index (κ1) is 15.1. The lowest BCUT2D eigenvalue weighted by atomic mass is 10.1. The highest BCUT2D eigenvalue weighted by atomic mass is 16.3. The summed E-state index contributed by atoms with van der Waals surface area (Å²) in [7, 11) is 1.86. The second-order valence-electron chi connectivity index (χ2n) is 4.91. The fourth-order valence-corrected chi connectivity index (χ4v) is 1.92. The molecule has 2 rings (SSSR count). The van der Waals surface area contributed by atoms with Gasteiger partial charge in [-0.2, -0.15) is 5.10 Å². The molecule has 1 aromatic carbocycles. The minimum Gasteiger partial charge on any atom is -0.389 e. The van der Waals surface area contributed by atoms with Gasteiger partial charge in [-0.25, -0.2) is 4.79 Å². The third-order valence-corrected chi connectivity index (χ3v) is 3.09. The van der Waals surface area contributed by atoms with Crippen molar-refractivity contribution in [3.8, 4) is 0 Å². The number of aryl methyl sites for hydroxylation is 1. The normalized spacial score (nSPS) is 12.0. The van der Waals surface area contributed by atoms with Gasteiger partial charge in [-0.3, -0.25) is 4.68 Å². The van der Waals surface area contributed by atoms with Crippen LogP contribution in [0.5, 0.6) is 0 Å². The van der Waals surface area contributed by atoms with E-state index in [2.05, 4.69) is 15.7 Å². The molecular formula is C15H20N4O2. The Morgan fingerprint density at radius 3 is 2.62 bits per heavy atom. The quantitative estimate of drug-likeness (QED) is 0.785. The molecule has 6 heteroatoms. The van der Waals surface area contributed by atoms with Crippen LogP contribution in [0.4, 0.5) is 10.5 Å². The number of nitrogens with zero attached hydrogens (tertiary/aromatic N) is 2. The Morgan fingerprint density at radius 2 is 2.05 bits per heavy atom. The van der Waals surface area contributed by atoms with Crippen molar-refractivity contribution in [1.82, 2.24) is 15.1 Å². The van der Waals surface area contributed by atoms with Gasteiger partial charge < -0.3 is 15.7 Å². The first-order valence-electron chi connectivity index (χ1n) is 6.86. The van der Waals surface area contributed by atoms with Crippen LogP contribution in [0.1, 0.15) is 24.3 Å². The highest BCUT2D eigenvalue weighted by Gasteiger charge is 2.04. The Bertz CT molecular complexity index is 590. The summed E-state index contributed by atoms with van der Waals surface area (Å²) in [5, 5.41) is 19.2. The maximum Gasteiger partial charge on any atom is 0.319 e.